The number of aromatic carboxylic acids is 1. The van der Waals surface area contributed by atoms with Crippen LogP contribution < -0.4 is 5.32 Å². The van der Waals surface area contributed by atoms with Crippen LogP contribution in [0.2, 0.25) is 5.02 Å². The number of hydrogen-bond acceptors (Lipinski definition) is 3. The van der Waals surface area contributed by atoms with Gasteiger partial charge in [0.05, 0.1) is 16.3 Å². The summed E-state index contributed by atoms with van der Waals surface area (Å²) in [4.78, 5) is 10.7. The van der Waals surface area contributed by atoms with Crippen LogP contribution in [0.4, 0.5) is 5.69 Å². The van der Waals surface area contributed by atoms with Gasteiger partial charge in [0.25, 0.3) is 0 Å². The van der Waals surface area contributed by atoms with E-state index in [1.165, 1.54) is 12.1 Å². The first kappa shape index (κ1) is 14.0. The molecule has 0 aliphatic rings. The molecule has 1 aromatic carbocycles. The Bertz CT molecular complexity index is 437. The van der Waals surface area contributed by atoms with Crippen LogP contribution in [0.3, 0.4) is 0 Å². The summed E-state index contributed by atoms with van der Waals surface area (Å²) < 4.78 is 11.2. The zero-order valence-electron chi connectivity index (χ0n) is 9.40. The van der Waals surface area contributed by atoms with Crippen LogP contribution in [-0.2, 0) is 10.8 Å². The second kappa shape index (κ2) is 6.61. The third kappa shape index (κ3) is 4.36. The van der Waals surface area contributed by atoms with Gasteiger partial charge >= 0.3 is 5.97 Å². The summed E-state index contributed by atoms with van der Waals surface area (Å²) in [7, 11) is -0.819. The molecule has 0 aliphatic heterocycles. The summed E-state index contributed by atoms with van der Waals surface area (Å²) in [5.41, 5.74) is 0.808. The SMILES string of the molecule is CCS(=O)CCNc1ccc(C(=O)O)cc1Cl. The molecule has 0 fully saturated rings. The van der Waals surface area contributed by atoms with Crippen LogP contribution in [0.5, 0.6) is 0 Å². The van der Waals surface area contributed by atoms with Crippen molar-refractivity contribution in [3.05, 3.63) is 28.8 Å². The monoisotopic (exact) mass is 275 g/mol. The van der Waals surface area contributed by atoms with Gasteiger partial charge in [-0.2, -0.15) is 0 Å². The number of hydrogen-bond donors (Lipinski definition) is 2. The highest BCUT2D eigenvalue weighted by Gasteiger charge is 2.06. The molecule has 0 saturated heterocycles. The number of carboxylic acid groups (broad SMARTS) is 1. The fraction of sp³-hybridized carbons (Fsp3) is 0.364. The second-order valence-electron chi connectivity index (χ2n) is 3.36. The number of nitrogens with one attached hydrogen (secondary N) is 1. The van der Waals surface area contributed by atoms with Gasteiger partial charge in [0, 0.05) is 28.9 Å². The molecule has 0 heterocycles. The number of carbonyl (C=O) groups is 1. The molecule has 1 rings (SSSR count). The number of halogens is 1. The first-order valence-electron chi connectivity index (χ1n) is 5.16. The fourth-order valence-corrected chi connectivity index (χ4v) is 2.10. The molecule has 0 radical (unpaired) electrons. The van der Waals surface area contributed by atoms with Gasteiger partial charge < -0.3 is 10.4 Å². The van der Waals surface area contributed by atoms with E-state index in [0.717, 1.165) is 0 Å². The third-order valence-electron chi connectivity index (χ3n) is 2.18. The molecular formula is C11H14ClNO3S. The molecule has 0 amide bonds. The Morgan fingerprint density at radius 2 is 2.24 bits per heavy atom. The molecule has 0 aromatic heterocycles. The Morgan fingerprint density at radius 3 is 2.76 bits per heavy atom. The molecule has 0 spiro atoms. The van der Waals surface area contributed by atoms with E-state index in [1.54, 1.807) is 6.07 Å². The highest BCUT2D eigenvalue weighted by atomic mass is 35.5. The van der Waals surface area contributed by atoms with Crippen LogP contribution >= 0.6 is 11.6 Å². The summed E-state index contributed by atoms with van der Waals surface area (Å²) in [6.45, 7) is 2.41. The first-order valence-corrected chi connectivity index (χ1v) is 7.03. The van der Waals surface area contributed by atoms with E-state index >= 15 is 0 Å². The molecule has 1 atom stereocenters. The zero-order chi connectivity index (χ0) is 12.8. The van der Waals surface area contributed by atoms with E-state index in [-0.39, 0.29) is 5.56 Å². The van der Waals surface area contributed by atoms with Gasteiger partial charge in [0.1, 0.15) is 0 Å². The minimum atomic E-state index is -1.01. The molecule has 0 bridgehead atoms. The van der Waals surface area contributed by atoms with Crippen molar-refractivity contribution in [2.45, 2.75) is 6.92 Å². The van der Waals surface area contributed by atoms with Crippen LogP contribution in [0.15, 0.2) is 18.2 Å². The number of anilines is 1. The Morgan fingerprint density at radius 1 is 1.53 bits per heavy atom. The lowest BCUT2D eigenvalue weighted by Crippen LogP contribution is -2.12. The highest BCUT2D eigenvalue weighted by Crippen LogP contribution is 2.22. The van der Waals surface area contributed by atoms with Crippen molar-refractivity contribution in [1.29, 1.82) is 0 Å². The minimum Gasteiger partial charge on any atom is -0.478 e. The highest BCUT2D eigenvalue weighted by molar-refractivity contribution is 7.84. The Hall–Kier alpha value is -1.07. The Labute approximate surface area is 107 Å². The van der Waals surface area contributed by atoms with Crippen LogP contribution in [-0.4, -0.2) is 33.3 Å². The Balaban J connectivity index is 2.60. The van der Waals surface area contributed by atoms with Crippen LogP contribution in [0.25, 0.3) is 0 Å². The molecule has 0 saturated carbocycles. The minimum absolute atomic E-state index is 0.151. The van der Waals surface area contributed by atoms with Crippen molar-refractivity contribution in [3.63, 3.8) is 0 Å². The molecular weight excluding hydrogens is 262 g/mol. The lowest BCUT2D eigenvalue weighted by atomic mass is 10.2. The summed E-state index contributed by atoms with van der Waals surface area (Å²) in [5.74, 6) is 0.173. The largest absolute Gasteiger partial charge is 0.478 e. The van der Waals surface area contributed by atoms with Crippen molar-refractivity contribution >= 4 is 34.1 Å². The summed E-state index contributed by atoms with van der Waals surface area (Å²) >= 11 is 5.92. The predicted octanol–water partition coefficient (Wildman–Crippen LogP) is 2.22. The van der Waals surface area contributed by atoms with Crippen LogP contribution in [0.1, 0.15) is 17.3 Å². The fourth-order valence-electron chi connectivity index (χ4n) is 1.24. The molecule has 4 nitrogen and oxygen atoms in total. The molecule has 94 valence electrons. The first-order chi connectivity index (χ1) is 8.04. The molecule has 1 unspecified atom stereocenters. The van der Waals surface area contributed by atoms with Gasteiger partial charge in [0.15, 0.2) is 0 Å². The average Bonchev–Trinajstić information content (AvgIpc) is 2.30. The Kier molecular flexibility index (Phi) is 5.44. The number of carboxylic acids is 1. The average molecular weight is 276 g/mol. The third-order valence-corrected chi connectivity index (χ3v) is 3.80. The van der Waals surface area contributed by atoms with Crippen molar-refractivity contribution in [2.75, 3.05) is 23.4 Å². The van der Waals surface area contributed by atoms with Gasteiger partial charge in [-0.25, -0.2) is 4.79 Å². The van der Waals surface area contributed by atoms with Crippen molar-refractivity contribution in [1.82, 2.24) is 0 Å². The maximum absolute atomic E-state index is 11.2. The maximum Gasteiger partial charge on any atom is 0.335 e. The van der Waals surface area contributed by atoms with E-state index in [4.69, 9.17) is 16.7 Å². The normalized spacial score (nSPS) is 12.1. The molecule has 17 heavy (non-hydrogen) atoms. The summed E-state index contributed by atoms with van der Waals surface area (Å²) in [6, 6.07) is 4.48. The molecule has 1 aromatic rings. The zero-order valence-corrected chi connectivity index (χ0v) is 11.0. The molecule has 0 aliphatic carbocycles. The van der Waals surface area contributed by atoms with E-state index in [1.807, 2.05) is 6.92 Å². The summed E-state index contributed by atoms with van der Waals surface area (Å²) in [6.07, 6.45) is 0. The van der Waals surface area contributed by atoms with E-state index in [2.05, 4.69) is 5.32 Å². The van der Waals surface area contributed by atoms with E-state index in [0.29, 0.717) is 28.8 Å². The number of rotatable bonds is 6. The van der Waals surface area contributed by atoms with Crippen molar-refractivity contribution < 1.29 is 14.1 Å². The lowest BCUT2D eigenvalue weighted by molar-refractivity contribution is 0.0697. The standard InChI is InChI=1S/C11H14ClNO3S/c1-2-17(16)6-5-13-10-4-3-8(11(14)15)7-9(10)12/h3-4,7,13H,2,5-6H2,1H3,(H,14,15). The van der Waals surface area contributed by atoms with Gasteiger partial charge in [0.2, 0.25) is 0 Å². The molecule has 6 heteroatoms. The summed E-state index contributed by atoms with van der Waals surface area (Å²) in [5, 5.41) is 12.1. The van der Waals surface area contributed by atoms with Gasteiger partial charge in [-0.3, -0.25) is 4.21 Å². The maximum atomic E-state index is 11.2. The molecule has 2 N–H and O–H groups in total. The topological polar surface area (TPSA) is 66.4 Å². The van der Waals surface area contributed by atoms with Gasteiger partial charge in [-0.1, -0.05) is 18.5 Å². The van der Waals surface area contributed by atoms with Gasteiger partial charge in [-0.15, -0.1) is 0 Å². The predicted molar refractivity (Wildman–Crippen MR) is 70.5 cm³/mol. The smallest absolute Gasteiger partial charge is 0.335 e. The van der Waals surface area contributed by atoms with Crippen molar-refractivity contribution in [3.8, 4) is 0 Å². The van der Waals surface area contributed by atoms with Crippen molar-refractivity contribution in [2.24, 2.45) is 0 Å². The van der Waals surface area contributed by atoms with Crippen LogP contribution in [0, 0.1) is 0 Å². The second-order valence-corrected chi connectivity index (χ2v) is 5.63. The van der Waals surface area contributed by atoms with E-state index < -0.39 is 16.8 Å². The quantitative estimate of drug-likeness (QED) is 0.835. The lowest BCUT2D eigenvalue weighted by Gasteiger charge is -2.08. The number of benzene rings is 1. The van der Waals surface area contributed by atoms with E-state index in [9.17, 15) is 9.00 Å². The van der Waals surface area contributed by atoms with Gasteiger partial charge in [-0.05, 0) is 18.2 Å².